The number of allylic oxidation sites excluding steroid dienone is 1. The van der Waals surface area contributed by atoms with E-state index in [4.69, 9.17) is 9.47 Å². The van der Waals surface area contributed by atoms with Gasteiger partial charge >= 0.3 is 0 Å². The zero-order valence-corrected chi connectivity index (χ0v) is 20.2. The summed E-state index contributed by atoms with van der Waals surface area (Å²) < 4.78 is 11.3. The van der Waals surface area contributed by atoms with Crippen LogP contribution in [0.4, 0.5) is 0 Å². The molecule has 1 heterocycles. The van der Waals surface area contributed by atoms with E-state index in [0.29, 0.717) is 6.61 Å². The number of hydrogen-bond acceptors (Lipinski definition) is 4. The third-order valence-electron chi connectivity index (χ3n) is 5.39. The average molecular weight is 439 g/mol. The zero-order valence-electron chi connectivity index (χ0n) is 20.2. The Hall–Kier alpha value is -2.20. The van der Waals surface area contributed by atoms with Crippen molar-refractivity contribution in [2.24, 2.45) is 0 Å². The van der Waals surface area contributed by atoms with E-state index in [-0.39, 0.29) is 0 Å². The van der Waals surface area contributed by atoms with Crippen LogP contribution in [0.15, 0.2) is 48.8 Å². The van der Waals surface area contributed by atoms with Crippen LogP contribution in [0.5, 0.6) is 5.75 Å². The topological polar surface area (TPSA) is 44.2 Å². The Kier molecular flexibility index (Phi) is 14.1. The van der Waals surface area contributed by atoms with Crippen molar-refractivity contribution in [2.75, 3.05) is 19.8 Å². The fourth-order valence-electron chi connectivity index (χ4n) is 3.49. The van der Waals surface area contributed by atoms with E-state index in [0.717, 1.165) is 56.0 Å². The standard InChI is InChI=1S/C28H42N2O2/c1-3-5-6-7-8-9-10-14-22-32-27-23-29-28(30-24-27)26-18-16-25(17-19-26)15-12-11-13-21-31-20-4-2/h9-10,16-19,23-24H,3-8,11-15,20-22H2,1-2H3. The van der Waals surface area contributed by atoms with E-state index in [1.165, 1.54) is 50.5 Å². The van der Waals surface area contributed by atoms with Gasteiger partial charge in [0.05, 0.1) is 19.0 Å². The molecule has 0 N–H and O–H groups in total. The van der Waals surface area contributed by atoms with E-state index in [1.807, 2.05) is 0 Å². The minimum absolute atomic E-state index is 0.660. The van der Waals surface area contributed by atoms with Crippen LogP contribution in [-0.2, 0) is 11.2 Å². The van der Waals surface area contributed by atoms with Gasteiger partial charge < -0.3 is 9.47 Å². The zero-order chi connectivity index (χ0) is 22.7. The molecule has 2 aromatic rings. The van der Waals surface area contributed by atoms with Crippen LogP contribution in [0.1, 0.15) is 83.6 Å². The summed E-state index contributed by atoms with van der Waals surface area (Å²) in [5, 5.41) is 0. The highest BCUT2D eigenvalue weighted by Gasteiger charge is 2.03. The lowest BCUT2D eigenvalue weighted by Crippen LogP contribution is -1.98. The first-order chi connectivity index (χ1) is 15.8. The maximum Gasteiger partial charge on any atom is 0.159 e. The maximum absolute atomic E-state index is 5.76. The van der Waals surface area contributed by atoms with Crippen molar-refractivity contribution in [2.45, 2.75) is 84.5 Å². The summed E-state index contributed by atoms with van der Waals surface area (Å²) in [4.78, 5) is 8.96. The molecule has 0 aliphatic heterocycles. The van der Waals surface area contributed by atoms with Crippen molar-refractivity contribution in [3.05, 3.63) is 54.4 Å². The molecule has 4 heteroatoms. The molecule has 4 nitrogen and oxygen atoms in total. The fraction of sp³-hybridized carbons (Fsp3) is 0.571. The fourth-order valence-corrected chi connectivity index (χ4v) is 3.49. The monoisotopic (exact) mass is 438 g/mol. The van der Waals surface area contributed by atoms with Crippen molar-refractivity contribution in [1.29, 1.82) is 0 Å². The van der Waals surface area contributed by atoms with Crippen molar-refractivity contribution < 1.29 is 9.47 Å². The second-order valence-corrected chi connectivity index (χ2v) is 8.32. The second kappa shape index (κ2) is 17.4. The predicted octanol–water partition coefficient (Wildman–Crippen LogP) is 7.58. The lowest BCUT2D eigenvalue weighted by atomic mass is 10.0. The lowest BCUT2D eigenvalue weighted by molar-refractivity contribution is 0.130. The van der Waals surface area contributed by atoms with Gasteiger partial charge in [0.25, 0.3) is 0 Å². The number of ether oxygens (including phenoxy) is 2. The highest BCUT2D eigenvalue weighted by atomic mass is 16.5. The first-order valence-corrected chi connectivity index (χ1v) is 12.6. The Bertz CT molecular complexity index is 726. The van der Waals surface area contributed by atoms with Gasteiger partial charge in [0.15, 0.2) is 11.6 Å². The molecule has 176 valence electrons. The normalized spacial score (nSPS) is 11.3. The Morgan fingerprint density at radius 1 is 0.719 bits per heavy atom. The van der Waals surface area contributed by atoms with Gasteiger partial charge in [0.1, 0.15) is 0 Å². The van der Waals surface area contributed by atoms with Gasteiger partial charge in [-0.1, -0.05) is 75.9 Å². The molecule has 0 saturated carbocycles. The van der Waals surface area contributed by atoms with Crippen LogP contribution < -0.4 is 4.74 Å². The molecular formula is C28H42N2O2. The minimum Gasteiger partial charge on any atom is -0.490 e. The summed E-state index contributed by atoms with van der Waals surface area (Å²) >= 11 is 0. The van der Waals surface area contributed by atoms with E-state index in [9.17, 15) is 0 Å². The molecule has 0 fully saturated rings. The summed E-state index contributed by atoms with van der Waals surface area (Å²) in [5.41, 5.74) is 2.40. The van der Waals surface area contributed by atoms with Gasteiger partial charge in [0.2, 0.25) is 0 Å². The van der Waals surface area contributed by atoms with E-state index in [2.05, 4.69) is 60.2 Å². The quantitative estimate of drug-likeness (QED) is 0.178. The smallest absolute Gasteiger partial charge is 0.159 e. The van der Waals surface area contributed by atoms with Gasteiger partial charge in [0, 0.05) is 18.8 Å². The number of rotatable bonds is 18. The molecule has 2 rings (SSSR count). The van der Waals surface area contributed by atoms with Crippen LogP contribution in [-0.4, -0.2) is 29.8 Å². The molecule has 0 aliphatic carbocycles. The maximum atomic E-state index is 5.76. The molecule has 0 aliphatic rings. The van der Waals surface area contributed by atoms with Gasteiger partial charge in [-0.3, -0.25) is 0 Å². The molecular weight excluding hydrogens is 396 g/mol. The van der Waals surface area contributed by atoms with Crippen LogP contribution in [0.25, 0.3) is 11.4 Å². The molecule has 0 spiro atoms. The van der Waals surface area contributed by atoms with Crippen molar-refractivity contribution >= 4 is 0 Å². The molecule has 0 unspecified atom stereocenters. The summed E-state index contributed by atoms with van der Waals surface area (Å²) in [6.07, 6.45) is 21.1. The first kappa shape index (κ1) is 26.1. The van der Waals surface area contributed by atoms with E-state index < -0.39 is 0 Å². The van der Waals surface area contributed by atoms with E-state index >= 15 is 0 Å². The Morgan fingerprint density at radius 3 is 2.22 bits per heavy atom. The van der Waals surface area contributed by atoms with Crippen molar-refractivity contribution in [1.82, 2.24) is 9.97 Å². The van der Waals surface area contributed by atoms with E-state index in [1.54, 1.807) is 12.4 Å². The SMILES string of the molecule is CCCCCCC=CCCOc1cnc(-c2ccc(CCCCCOCCC)cc2)nc1. The molecule has 1 aromatic carbocycles. The Labute approximate surface area is 195 Å². The van der Waals surface area contributed by atoms with Crippen LogP contribution in [0.2, 0.25) is 0 Å². The van der Waals surface area contributed by atoms with Crippen LogP contribution >= 0.6 is 0 Å². The van der Waals surface area contributed by atoms with Crippen LogP contribution in [0, 0.1) is 0 Å². The van der Waals surface area contributed by atoms with Gasteiger partial charge in [-0.25, -0.2) is 9.97 Å². The highest BCUT2D eigenvalue weighted by molar-refractivity contribution is 5.55. The minimum atomic E-state index is 0.660. The van der Waals surface area contributed by atoms with Crippen molar-refractivity contribution in [3.8, 4) is 17.1 Å². The van der Waals surface area contributed by atoms with Gasteiger partial charge in [-0.05, 0) is 50.5 Å². The molecule has 0 amide bonds. The third kappa shape index (κ3) is 11.4. The van der Waals surface area contributed by atoms with Crippen LogP contribution in [0.3, 0.4) is 0 Å². The summed E-state index contributed by atoms with van der Waals surface area (Å²) in [6, 6.07) is 8.60. The van der Waals surface area contributed by atoms with Gasteiger partial charge in [-0.2, -0.15) is 0 Å². The van der Waals surface area contributed by atoms with Crippen molar-refractivity contribution in [3.63, 3.8) is 0 Å². The average Bonchev–Trinajstić information content (AvgIpc) is 2.83. The largest absolute Gasteiger partial charge is 0.490 e. The summed E-state index contributed by atoms with van der Waals surface area (Å²) in [7, 11) is 0. The molecule has 0 bridgehead atoms. The summed E-state index contributed by atoms with van der Waals surface area (Å²) in [6.45, 7) is 6.82. The third-order valence-corrected chi connectivity index (χ3v) is 5.39. The number of unbranched alkanes of at least 4 members (excludes halogenated alkanes) is 6. The first-order valence-electron chi connectivity index (χ1n) is 12.6. The molecule has 0 saturated heterocycles. The predicted molar refractivity (Wildman–Crippen MR) is 134 cm³/mol. The number of nitrogens with zero attached hydrogens (tertiary/aromatic N) is 2. The molecule has 0 atom stereocenters. The molecule has 1 aromatic heterocycles. The second-order valence-electron chi connectivity index (χ2n) is 8.32. The highest BCUT2D eigenvalue weighted by Crippen LogP contribution is 2.18. The molecule has 32 heavy (non-hydrogen) atoms. The number of hydrogen-bond donors (Lipinski definition) is 0. The lowest BCUT2D eigenvalue weighted by Gasteiger charge is -2.06. The summed E-state index contributed by atoms with van der Waals surface area (Å²) in [5.74, 6) is 1.47. The number of benzene rings is 1. The number of aromatic nitrogens is 2. The Morgan fingerprint density at radius 2 is 1.47 bits per heavy atom. The molecule has 0 radical (unpaired) electrons. The number of aryl methyl sites for hydroxylation is 1. The Balaban J connectivity index is 1.64. The van der Waals surface area contributed by atoms with Gasteiger partial charge in [-0.15, -0.1) is 0 Å².